The third kappa shape index (κ3) is 47.7. The highest BCUT2D eigenvalue weighted by Gasteiger charge is 2.19. The Morgan fingerprint density at radius 3 is 1.03 bits per heavy atom. The number of carbonyl (C=O) groups excluding carboxylic acids is 3. The number of hydrogen-bond acceptors (Lipinski definition) is 6. The second kappa shape index (κ2) is 49.5. The van der Waals surface area contributed by atoms with Gasteiger partial charge in [-0.25, -0.2) is 0 Å². The third-order valence-electron chi connectivity index (χ3n) is 10.7. The molecule has 1 unspecified atom stereocenters. The molecular weight excluding hydrogens is 757 g/mol. The molecule has 0 fully saturated rings. The van der Waals surface area contributed by atoms with Crippen molar-refractivity contribution in [3.63, 3.8) is 0 Å². The van der Waals surface area contributed by atoms with Crippen LogP contribution in [-0.4, -0.2) is 37.2 Å². The molecule has 6 heteroatoms. The molecule has 0 rings (SSSR count). The van der Waals surface area contributed by atoms with Crippen LogP contribution in [0.1, 0.15) is 239 Å². The Morgan fingerprint density at radius 2 is 0.639 bits per heavy atom. The molecule has 0 spiro atoms. The molecule has 0 saturated heterocycles. The largest absolute Gasteiger partial charge is 0.462 e. The summed E-state index contributed by atoms with van der Waals surface area (Å²) < 4.78 is 16.6. The van der Waals surface area contributed by atoms with Gasteiger partial charge >= 0.3 is 17.9 Å². The van der Waals surface area contributed by atoms with Gasteiger partial charge in [0.2, 0.25) is 0 Å². The van der Waals surface area contributed by atoms with E-state index in [-0.39, 0.29) is 37.5 Å². The van der Waals surface area contributed by atoms with E-state index in [9.17, 15) is 14.4 Å². The summed E-state index contributed by atoms with van der Waals surface area (Å²) in [4.78, 5) is 37.6. The minimum atomic E-state index is -0.793. The molecule has 0 aromatic heterocycles. The first kappa shape index (κ1) is 57.9. The van der Waals surface area contributed by atoms with Crippen LogP contribution in [0.4, 0.5) is 0 Å². The molecule has 1 atom stereocenters. The molecule has 0 amide bonds. The zero-order valence-corrected chi connectivity index (χ0v) is 39.9. The average Bonchev–Trinajstić information content (AvgIpc) is 3.26. The average molecular weight is 851 g/mol. The Bertz CT molecular complexity index is 1160. The monoisotopic (exact) mass is 851 g/mol. The Labute approximate surface area is 376 Å². The van der Waals surface area contributed by atoms with Crippen molar-refractivity contribution < 1.29 is 28.6 Å². The van der Waals surface area contributed by atoms with Gasteiger partial charge in [-0.1, -0.05) is 203 Å². The second-order valence-corrected chi connectivity index (χ2v) is 16.7. The minimum absolute atomic E-state index is 0.0933. The molecule has 0 N–H and O–H groups in total. The van der Waals surface area contributed by atoms with E-state index in [1.54, 1.807) is 0 Å². The summed E-state index contributed by atoms with van der Waals surface area (Å²) in [5.41, 5.74) is 0. The van der Waals surface area contributed by atoms with Gasteiger partial charge in [0.1, 0.15) is 13.2 Å². The summed E-state index contributed by atoms with van der Waals surface area (Å²) in [5, 5.41) is 0. The number of rotatable bonds is 45. The number of esters is 3. The summed E-state index contributed by atoms with van der Waals surface area (Å²) in [6.07, 6.45) is 62.2. The van der Waals surface area contributed by atoms with Crippen LogP contribution >= 0.6 is 0 Å². The van der Waals surface area contributed by atoms with Gasteiger partial charge in [0.25, 0.3) is 0 Å². The molecule has 0 saturated carbocycles. The van der Waals surface area contributed by atoms with Gasteiger partial charge in [0, 0.05) is 19.3 Å². The zero-order valence-electron chi connectivity index (χ0n) is 39.9. The number of unbranched alkanes of at least 4 members (excludes halogenated alkanes) is 22. The predicted octanol–water partition coefficient (Wildman–Crippen LogP) is 16.6. The summed E-state index contributed by atoms with van der Waals surface area (Å²) in [7, 11) is 0. The maximum atomic E-state index is 12.7. The Balaban J connectivity index is 4.17. The zero-order chi connectivity index (χ0) is 44.4. The van der Waals surface area contributed by atoms with Crippen molar-refractivity contribution in [1.29, 1.82) is 0 Å². The molecule has 0 aliphatic carbocycles. The lowest BCUT2D eigenvalue weighted by molar-refractivity contribution is -0.167. The number of hydrogen-bond donors (Lipinski definition) is 0. The van der Waals surface area contributed by atoms with Crippen LogP contribution in [0, 0.1) is 0 Å². The molecular formula is C55H94O6. The van der Waals surface area contributed by atoms with E-state index >= 15 is 0 Å². The lowest BCUT2D eigenvalue weighted by Crippen LogP contribution is -2.30. The Kier molecular flexibility index (Phi) is 46.9. The van der Waals surface area contributed by atoms with Crippen LogP contribution in [-0.2, 0) is 28.6 Å². The minimum Gasteiger partial charge on any atom is -0.462 e. The normalized spacial score (nSPS) is 12.6. The molecule has 0 aliphatic rings. The molecule has 0 bridgehead atoms. The van der Waals surface area contributed by atoms with Gasteiger partial charge in [0.05, 0.1) is 0 Å². The lowest BCUT2D eigenvalue weighted by Gasteiger charge is -2.18. The Morgan fingerprint density at radius 1 is 0.344 bits per heavy atom. The van der Waals surface area contributed by atoms with Crippen LogP contribution < -0.4 is 0 Å². The number of allylic oxidation sites excluding steroid dienone is 12. The molecule has 0 aromatic rings. The van der Waals surface area contributed by atoms with E-state index in [0.29, 0.717) is 19.3 Å². The van der Waals surface area contributed by atoms with Crippen molar-refractivity contribution >= 4 is 17.9 Å². The van der Waals surface area contributed by atoms with E-state index in [1.165, 1.54) is 103 Å². The molecule has 6 nitrogen and oxygen atoms in total. The Hall–Kier alpha value is -3.15. The van der Waals surface area contributed by atoms with Crippen LogP contribution in [0.3, 0.4) is 0 Å². The van der Waals surface area contributed by atoms with Crippen LogP contribution in [0.15, 0.2) is 72.9 Å². The smallest absolute Gasteiger partial charge is 0.306 e. The molecule has 61 heavy (non-hydrogen) atoms. The first-order chi connectivity index (χ1) is 30.0. The van der Waals surface area contributed by atoms with Crippen LogP contribution in [0.2, 0.25) is 0 Å². The standard InChI is InChI=1S/C55H94O6/c1-4-7-10-13-15-17-19-21-23-24-25-26-27-28-29-30-32-33-35-37-39-42-45-48-54(57)60-51-52(50-59-53(56)47-44-41-12-9-6-3)61-55(58)49-46-43-40-38-36-34-31-22-20-18-16-14-11-8-5-2/h8,11,16,18-19,21-22,24-25,31,36,38,52H,4-7,9-10,12-15,17,20,23,26-30,32-35,37,39-51H2,1-3H3/b11-8-,18-16-,21-19-,25-24-,31-22-,38-36-. The highest BCUT2D eigenvalue weighted by atomic mass is 16.6. The maximum Gasteiger partial charge on any atom is 0.306 e. The van der Waals surface area contributed by atoms with Crippen LogP contribution in [0.25, 0.3) is 0 Å². The lowest BCUT2D eigenvalue weighted by atomic mass is 10.0. The molecule has 0 aromatic carbocycles. The van der Waals surface area contributed by atoms with E-state index in [0.717, 1.165) is 89.9 Å². The quantitative estimate of drug-likeness (QED) is 0.0263. The summed E-state index contributed by atoms with van der Waals surface area (Å²) in [6.45, 7) is 6.39. The number of ether oxygens (including phenoxy) is 3. The van der Waals surface area contributed by atoms with Crippen molar-refractivity contribution in [2.45, 2.75) is 245 Å². The first-order valence-electron chi connectivity index (χ1n) is 25.4. The van der Waals surface area contributed by atoms with Crippen molar-refractivity contribution in [2.75, 3.05) is 13.2 Å². The summed E-state index contributed by atoms with van der Waals surface area (Å²) in [6, 6.07) is 0. The van der Waals surface area contributed by atoms with Gasteiger partial charge in [-0.2, -0.15) is 0 Å². The topological polar surface area (TPSA) is 78.9 Å². The number of carbonyl (C=O) groups is 3. The van der Waals surface area contributed by atoms with Gasteiger partial charge in [-0.15, -0.1) is 0 Å². The first-order valence-corrected chi connectivity index (χ1v) is 25.4. The van der Waals surface area contributed by atoms with Crippen molar-refractivity contribution in [3.05, 3.63) is 72.9 Å². The van der Waals surface area contributed by atoms with E-state index in [2.05, 4.69) is 93.7 Å². The van der Waals surface area contributed by atoms with Gasteiger partial charge < -0.3 is 14.2 Å². The van der Waals surface area contributed by atoms with E-state index < -0.39 is 6.10 Å². The molecule has 0 aliphatic heterocycles. The fourth-order valence-corrected chi connectivity index (χ4v) is 6.87. The van der Waals surface area contributed by atoms with E-state index in [1.807, 2.05) is 0 Å². The van der Waals surface area contributed by atoms with Gasteiger partial charge in [-0.3, -0.25) is 14.4 Å². The highest BCUT2D eigenvalue weighted by molar-refractivity contribution is 5.71. The van der Waals surface area contributed by atoms with Crippen molar-refractivity contribution in [1.82, 2.24) is 0 Å². The third-order valence-corrected chi connectivity index (χ3v) is 10.7. The van der Waals surface area contributed by atoms with E-state index in [4.69, 9.17) is 14.2 Å². The fourth-order valence-electron chi connectivity index (χ4n) is 6.87. The molecule has 350 valence electrons. The van der Waals surface area contributed by atoms with Crippen molar-refractivity contribution in [3.8, 4) is 0 Å². The second-order valence-electron chi connectivity index (χ2n) is 16.7. The highest BCUT2D eigenvalue weighted by Crippen LogP contribution is 2.14. The summed E-state index contributed by atoms with van der Waals surface area (Å²) >= 11 is 0. The maximum absolute atomic E-state index is 12.7. The van der Waals surface area contributed by atoms with Gasteiger partial charge in [0.15, 0.2) is 6.10 Å². The molecule has 0 radical (unpaired) electrons. The van der Waals surface area contributed by atoms with Crippen LogP contribution in [0.5, 0.6) is 0 Å². The summed E-state index contributed by atoms with van der Waals surface area (Å²) in [5.74, 6) is -0.952. The fraction of sp³-hybridized carbons (Fsp3) is 0.727. The molecule has 0 heterocycles. The predicted molar refractivity (Wildman–Crippen MR) is 261 cm³/mol. The SMILES string of the molecule is CC/C=C\C/C=C\C/C=C\C/C=C\CCCCC(=O)OC(COC(=O)CCCCCCC)COC(=O)CCCCCCCCCCCCC/C=C\C/C=C\CCCCCCC. The van der Waals surface area contributed by atoms with Crippen molar-refractivity contribution in [2.24, 2.45) is 0 Å². The van der Waals surface area contributed by atoms with Gasteiger partial charge in [-0.05, 0) is 89.9 Å².